The van der Waals surface area contributed by atoms with E-state index in [-0.39, 0.29) is 11.6 Å². The summed E-state index contributed by atoms with van der Waals surface area (Å²) < 4.78 is 9.00. The third kappa shape index (κ3) is 2.96. The number of hydrogen-bond donors (Lipinski definition) is 0. The van der Waals surface area contributed by atoms with Crippen LogP contribution in [0.1, 0.15) is 24.7 Å². The van der Waals surface area contributed by atoms with Crippen molar-refractivity contribution in [2.45, 2.75) is 25.4 Å². The molecule has 0 saturated carbocycles. The molecule has 1 aliphatic rings. The number of hydrogen-bond acceptors (Lipinski definition) is 6. The number of fused-ring (bicyclic) bond motifs is 2. The van der Waals surface area contributed by atoms with Crippen LogP contribution >= 0.6 is 0 Å². The van der Waals surface area contributed by atoms with Crippen LogP contribution in [-0.4, -0.2) is 44.4 Å². The van der Waals surface area contributed by atoms with Gasteiger partial charge in [0.25, 0.3) is 5.56 Å². The summed E-state index contributed by atoms with van der Waals surface area (Å²) in [7, 11) is 1.64. The lowest BCUT2D eigenvalue weighted by atomic mass is 10.1. The first-order chi connectivity index (χ1) is 14.3. The zero-order valence-corrected chi connectivity index (χ0v) is 16.2. The molecule has 0 N–H and O–H groups in total. The zero-order valence-electron chi connectivity index (χ0n) is 16.2. The largest absolute Gasteiger partial charge is 0.383 e. The van der Waals surface area contributed by atoms with Gasteiger partial charge in [-0.25, -0.2) is 4.98 Å². The standard InChI is InChI=1S/C21H22N6O2/c1-29-14-13-27-19(22-16-8-3-2-7-15(16)20(27)28)17-9-6-12-25(17)21-24-23-18-10-4-5-11-26(18)21/h2-5,7-8,10-11,17H,6,9,12-14H2,1H3. The van der Waals surface area contributed by atoms with E-state index < -0.39 is 0 Å². The lowest BCUT2D eigenvalue weighted by Gasteiger charge is -2.26. The second-order valence-electron chi connectivity index (χ2n) is 7.22. The molecule has 1 atom stereocenters. The zero-order chi connectivity index (χ0) is 19.8. The number of benzene rings is 1. The molecule has 4 aromatic rings. The predicted molar refractivity (Wildman–Crippen MR) is 110 cm³/mol. The maximum atomic E-state index is 13.2. The molecule has 1 fully saturated rings. The van der Waals surface area contributed by atoms with Gasteiger partial charge in [0.2, 0.25) is 5.95 Å². The van der Waals surface area contributed by atoms with Crippen molar-refractivity contribution in [2.75, 3.05) is 25.2 Å². The summed E-state index contributed by atoms with van der Waals surface area (Å²) >= 11 is 0. The summed E-state index contributed by atoms with van der Waals surface area (Å²) in [5, 5.41) is 9.35. The van der Waals surface area contributed by atoms with Gasteiger partial charge in [-0.15, -0.1) is 10.2 Å². The molecule has 0 radical (unpaired) electrons. The van der Waals surface area contributed by atoms with Crippen molar-refractivity contribution in [3.63, 3.8) is 0 Å². The number of aromatic nitrogens is 5. The maximum absolute atomic E-state index is 13.2. The lowest BCUT2D eigenvalue weighted by molar-refractivity contribution is 0.184. The number of ether oxygens (including phenoxy) is 1. The topological polar surface area (TPSA) is 77.6 Å². The molecule has 8 nitrogen and oxygen atoms in total. The van der Waals surface area contributed by atoms with E-state index in [0.717, 1.165) is 42.3 Å². The van der Waals surface area contributed by atoms with E-state index in [1.54, 1.807) is 11.7 Å². The van der Waals surface area contributed by atoms with E-state index in [1.165, 1.54) is 0 Å². The number of anilines is 1. The molecule has 148 valence electrons. The Morgan fingerprint density at radius 2 is 2.00 bits per heavy atom. The molecule has 0 amide bonds. The second-order valence-corrected chi connectivity index (χ2v) is 7.22. The summed E-state index contributed by atoms with van der Waals surface area (Å²) in [5.41, 5.74) is 1.50. The number of nitrogens with zero attached hydrogens (tertiary/aromatic N) is 6. The van der Waals surface area contributed by atoms with Gasteiger partial charge in [0.15, 0.2) is 5.65 Å². The molecule has 1 saturated heterocycles. The Morgan fingerprint density at radius 3 is 2.90 bits per heavy atom. The van der Waals surface area contributed by atoms with Crippen LogP contribution < -0.4 is 10.5 Å². The molecule has 3 aromatic heterocycles. The van der Waals surface area contributed by atoms with Crippen molar-refractivity contribution in [3.8, 4) is 0 Å². The fourth-order valence-electron chi connectivity index (χ4n) is 4.14. The highest BCUT2D eigenvalue weighted by Crippen LogP contribution is 2.34. The second kappa shape index (κ2) is 7.29. The van der Waals surface area contributed by atoms with Crippen LogP contribution in [0, 0.1) is 0 Å². The van der Waals surface area contributed by atoms with Gasteiger partial charge in [-0.05, 0) is 37.1 Å². The molecule has 1 aliphatic heterocycles. The number of rotatable bonds is 5. The average Bonchev–Trinajstić information content (AvgIpc) is 3.39. The average molecular weight is 390 g/mol. The molecule has 0 spiro atoms. The minimum Gasteiger partial charge on any atom is -0.383 e. The van der Waals surface area contributed by atoms with Crippen LogP contribution in [0.15, 0.2) is 53.5 Å². The fraction of sp³-hybridized carbons (Fsp3) is 0.333. The summed E-state index contributed by atoms with van der Waals surface area (Å²) in [5.74, 6) is 1.54. The third-order valence-corrected chi connectivity index (χ3v) is 5.51. The SMILES string of the molecule is COCCn1c(C2CCCN2c2nnc3ccccn23)nc2ccccc2c1=O. The smallest absolute Gasteiger partial charge is 0.261 e. The quantitative estimate of drug-likeness (QED) is 0.521. The van der Waals surface area contributed by atoms with Crippen molar-refractivity contribution in [2.24, 2.45) is 0 Å². The Balaban J connectivity index is 1.66. The van der Waals surface area contributed by atoms with E-state index in [2.05, 4.69) is 15.1 Å². The van der Waals surface area contributed by atoms with E-state index in [0.29, 0.717) is 18.5 Å². The monoisotopic (exact) mass is 390 g/mol. The third-order valence-electron chi connectivity index (χ3n) is 5.51. The van der Waals surface area contributed by atoms with Gasteiger partial charge < -0.3 is 9.64 Å². The van der Waals surface area contributed by atoms with Gasteiger partial charge in [-0.3, -0.25) is 13.8 Å². The number of para-hydroxylation sites is 1. The van der Waals surface area contributed by atoms with Gasteiger partial charge in [-0.2, -0.15) is 0 Å². The Kier molecular flexibility index (Phi) is 4.48. The highest BCUT2D eigenvalue weighted by Gasteiger charge is 2.33. The van der Waals surface area contributed by atoms with Crippen LogP contribution in [0.3, 0.4) is 0 Å². The van der Waals surface area contributed by atoms with E-state index >= 15 is 0 Å². The molecule has 0 aliphatic carbocycles. The van der Waals surface area contributed by atoms with Gasteiger partial charge >= 0.3 is 0 Å². The molecule has 1 unspecified atom stereocenters. The van der Waals surface area contributed by atoms with Crippen LogP contribution in [0.5, 0.6) is 0 Å². The fourth-order valence-corrected chi connectivity index (χ4v) is 4.14. The lowest BCUT2D eigenvalue weighted by Crippen LogP contribution is -2.34. The first-order valence-corrected chi connectivity index (χ1v) is 9.83. The number of methoxy groups -OCH3 is 1. The Morgan fingerprint density at radius 1 is 1.14 bits per heavy atom. The minimum absolute atomic E-state index is 0.0272. The molecular weight excluding hydrogens is 368 g/mol. The van der Waals surface area contributed by atoms with Gasteiger partial charge in [0.05, 0.1) is 30.1 Å². The Bertz CT molecular complexity index is 1230. The molecule has 0 bridgehead atoms. The highest BCUT2D eigenvalue weighted by atomic mass is 16.5. The maximum Gasteiger partial charge on any atom is 0.261 e. The van der Waals surface area contributed by atoms with Crippen LogP contribution in [0.2, 0.25) is 0 Å². The van der Waals surface area contributed by atoms with Gasteiger partial charge in [0, 0.05) is 19.9 Å². The Labute approximate surface area is 167 Å². The van der Waals surface area contributed by atoms with Crippen LogP contribution in [0.4, 0.5) is 5.95 Å². The molecule has 1 aromatic carbocycles. The molecule has 5 rings (SSSR count). The molecule has 8 heteroatoms. The summed E-state index contributed by atoms with van der Waals surface area (Å²) in [6.07, 6.45) is 3.87. The van der Waals surface area contributed by atoms with Crippen LogP contribution in [0.25, 0.3) is 16.6 Å². The van der Waals surface area contributed by atoms with Crippen molar-refractivity contribution in [1.29, 1.82) is 0 Å². The minimum atomic E-state index is -0.0447. The first-order valence-electron chi connectivity index (χ1n) is 9.83. The van der Waals surface area contributed by atoms with Crippen molar-refractivity contribution < 1.29 is 4.74 Å². The predicted octanol–water partition coefficient (Wildman–Crippen LogP) is 2.43. The molecule has 4 heterocycles. The number of pyridine rings is 1. The summed E-state index contributed by atoms with van der Waals surface area (Å²) in [6, 6.07) is 13.3. The van der Waals surface area contributed by atoms with Crippen molar-refractivity contribution in [1.82, 2.24) is 24.1 Å². The van der Waals surface area contributed by atoms with Gasteiger partial charge in [0.1, 0.15) is 5.82 Å². The summed E-state index contributed by atoms with van der Waals surface area (Å²) in [6.45, 7) is 1.76. The highest BCUT2D eigenvalue weighted by molar-refractivity contribution is 5.77. The molecular formula is C21H22N6O2. The van der Waals surface area contributed by atoms with E-state index in [9.17, 15) is 4.79 Å². The normalized spacial score (nSPS) is 16.9. The van der Waals surface area contributed by atoms with E-state index in [1.807, 2.05) is 53.1 Å². The Hall–Kier alpha value is -3.26. The first kappa shape index (κ1) is 17.8. The van der Waals surface area contributed by atoms with Crippen molar-refractivity contribution >= 4 is 22.5 Å². The van der Waals surface area contributed by atoms with E-state index in [4.69, 9.17) is 9.72 Å². The summed E-state index contributed by atoms with van der Waals surface area (Å²) in [4.78, 5) is 20.4. The van der Waals surface area contributed by atoms with Crippen LogP contribution in [-0.2, 0) is 11.3 Å². The van der Waals surface area contributed by atoms with Gasteiger partial charge in [-0.1, -0.05) is 18.2 Å². The van der Waals surface area contributed by atoms with Crippen molar-refractivity contribution in [3.05, 3.63) is 64.8 Å². The molecule has 29 heavy (non-hydrogen) atoms.